The molecular weight excluding hydrogens is 456 g/mol. The Hall–Kier alpha value is -3.69. The number of hydrogen-bond acceptors (Lipinski definition) is 6. The number of ether oxygens (including phenoxy) is 2. The van der Waals surface area contributed by atoms with E-state index in [1.54, 1.807) is 48.5 Å². The molecule has 1 aliphatic rings. The summed E-state index contributed by atoms with van der Waals surface area (Å²) in [5.74, 6) is -0.205. The number of benzene rings is 3. The van der Waals surface area contributed by atoms with E-state index in [9.17, 15) is 18.0 Å². The van der Waals surface area contributed by atoms with E-state index in [1.807, 2.05) is 6.07 Å². The molecule has 0 unspecified atom stereocenters. The molecule has 0 saturated carbocycles. The lowest BCUT2D eigenvalue weighted by atomic mass is 10.0. The molecule has 9 heteroatoms. The highest BCUT2D eigenvalue weighted by atomic mass is 32.2. The summed E-state index contributed by atoms with van der Waals surface area (Å²) in [4.78, 5) is 24.4. The van der Waals surface area contributed by atoms with Gasteiger partial charge in [0.2, 0.25) is 10.0 Å². The number of methoxy groups -OCH3 is 1. The Kier molecular flexibility index (Phi) is 6.67. The summed E-state index contributed by atoms with van der Waals surface area (Å²) in [7, 11) is -2.16. The van der Waals surface area contributed by atoms with Crippen LogP contribution in [0.2, 0.25) is 0 Å². The van der Waals surface area contributed by atoms with Crippen molar-refractivity contribution in [3.63, 3.8) is 0 Å². The first kappa shape index (κ1) is 23.5. The van der Waals surface area contributed by atoms with Gasteiger partial charge in [0, 0.05) is 25.7 Å². The standard InChI is InChI=1S/C25H24N2O6S/c1-17(28)33-24-6-4-3-5-23(24)25(29)26-20-8-7-18-13-14-27(16-19(18)15-20)34(30,31)22-11-9-21(32-2)10-12-22/h3-12,15H,13-14,16H2,1-2H3,(H,26,29). The number of nitrogens with zero attached hydrogens (tertiary/aromatic N) is 1. The van der Waals surface area contributed by atoms with Gasteiger partial charge < -0.3 is 14.8 Å². The van der Waals surface area contributed by atoms with Crippen LogP contribution in [0.1, 0.15) is 28.4 Å². The molecule has 34 heavy (non-hydrogen) atoms. The molecule has 3 aromatic rings. The number of para-hydroxylation sites is 1. The third-order valence-electron chi connectivity index (χ3n) is 5.52. The zero-order chi connectivity index (χ0) is 24.3. The fourth-order valence-electron chi connectivity index (χ4n) is 3.81. The van der Waals surface area contributed by atoms with E-state index in [0.717, 1.165) is 11.1 Å². The van der Waals surface area contributed by atoms with Crippen molar-refractivity contribution in [1.29, 1.82) is 0 Å². The van der Waals surface area contributed by atoms with Gasteiger partial charge in [-0.2, -0.15) is 4.31 Å². The highest BCUT2D eigenvalue weighted by Crippen LogP contribution is 2.28. The average molecular weight is 481 g/mol. The topological polar surface area (TPSA) is 102 Å². The van der Waals surface area contributed by atoms with Gasteiger partial charge in [0.1, 0.15) is 11.5 Å². The maximum Gasteiger partial charge on any atom is 0.308 e. The van der Waals surface area contributed by atoms with Crippen molar-refractivity contribution in [1.82, 2.24) is 4.31 Å². The van der Waals surface area contributed by atoms with Gasteiger partial charge in [-0.05, 0) is 66.1 Å². The van der Waals surface area contributed by atoms with Crippen LogP contribution in [0.15, 0.2) is 71.6 Å². The molecular formula is C25H24N2O6S. The van der Waals surface area contributed by atoms with Crippen LogP contribution in [-0.4, -0.2) is 38.3 Å². The number of amides is 1. The lowest BCUT2D eigenvalue weighted by Gasteiger charge is -2.28. The van der Waals surface area contributed by atoms with Crippen molar-refractivity contribution in [2.45, 2.75) is 24.8 Å². The second-order valence-electron chi connectivity index (χ2n) is 7.79. The molecule has 4 rings (SSSR count). The van der Waals surface area contributed by atoms with Crippen molar-refractivity contribution >= 4 is 27.6 Å². The largest absolute Gasteiger partial charge is 0.497 e. The molecule has 3 aromatic carbocycles. The Balaban J connectivity index is 1.53. The monoisotopic (exact) mass is 480 g/mol. The number of carbonyl (C=O) groups is 2. The van der Waals surface area contributed by atoms with Crippen LogP contribution in [0.3, 0.4) is 0 Å². The molecule has 0 aliphatic carbocycles. The van der Waals surface area contributed by atoms with Crippen LogP contribution < -0.4 is 14.8 Å². The number of fused-ring (bicyclic) bond motifs is 1. The van der Waals surface area contributed by atoms with Gasteiger partial charge in [-0.3, -0.25) is 9.59 Å². The minimum atomic E-state index is -3.68. The van der Waals surface area contributed by atoms with Gasteiger partial charge in [0.15, 0.2) is 0 Å². The highest BCUT2D eigenvalue weighted by Gasteiger charge is 2.28. The van der Waals surface area contributed by atoms with Gasteiger partial charge in [-0.1, -0.05) is 18.2 Å². The van der Waals surface area contributed by atoms with E-state index >= 15 is 0 Å². The number of rotatable bonds is 6. The van der Waals surface area contributed by atoms with E-state index in [1.165, 1.54) is 30.5 Å². The number of nitrogens with one attached hydrogen (secondary N) is 1. The van der Waals surface area contributed by atoms with Gasteiger partial charge >= 0.3 is 5.97 Å². The van der Waals surface area contributed by atoms with E-state index in [2.05, 4.69) is 5.32 Å². The van der Waals surface area contributed by atoms with Crippen LogP contribution in [-0.2, 0) is 27.8 Å². The number of hydrogen-bond donors (Lipinski definition) is 1. The zero-order valence-corrected chi connectivity index (χ0v) is 19.6. The molecule has 0 atom stereocenters. The van der Waals surface area contributed by atoms with Crippen molar-refractivity contribution < 1.29 is 27.5 Å². The maximum absolute atomic E-state index is 13.1. The molecule has 1 heterocycles. The SMILES string of the molecule is COc1ccc(S(=O)(=O)N2CCc3ccc(NC(=O)c4ccccc4OC(C)=O)cc3C2)cc1. The smallest absolute Gasteiger partial charge is 0.308 e. The Labute approximate surface area is 198 Å². The predicted molar refractivity (Wildman–Crippen MR) is 126 cm³/mol. The van der Waals surface area contributed by atoms with Gasteiger partial charge in [0.25, 0.3) is 5.91 Å². The average Bonchev–Trinajstić information content (AvgIpc) is 2.83. The van der Waals surface area contributed by atoms with Crippen LogP contribution >= 0.6 is 0 Å². The maximum atomic E-state index is 13.1. The Morgan fingerprint density at radius 3 is 2.41 bits per heavy atom. The molecule has 0 bridgehead atoms. The molecule has 176 valence electrons. The van der Waals surface area contributed by atoms with Crippen LogP contribution in [0.5, 0.6) is 11.5 Å². The van der Waals surface area contributed by atoms with Gasteiger partial charge in [-0.25, -0.2) is 8.42 Å². The quantitative estimate of drug-likeness (QED) is 0.427. The van der Waals surface area contributed by atoms with Crippen molar-refractivity contribution in [2.24, 2.45) is 0 Å². The summed E-state index contributed by atoms with van der Waals surface area (Å²) >= 11 is 0. The van der Waals surface area contributed by atoms with E-state index in [0.29, 0.717) is 24.4 Å². The molecule has 0 saturated heterocycles. The number of sulfonamides is 1. The third kappa shape index (κ3) is 4.95. The Morgan fingerprint density at radius 2 is 1.71 bits per heavy atom. The summed E-state index contributed by atoms with van der Waals surface area (Å²) < 4.78 is 37.9. The summed E-state index contributed by atoms with van der Waals surface area (Å²) in [5, 5.41) is 2.81. The Bertz CT molecular complexity index is 1340. The summed E-state index contributed by atoms with van der Waals surface area (Å²) in [6.45, 7) is 1.82. The molecule has 0 fully saturated rings. The molecule has 0 radical (unpaired) electrons. The van der Waals surface area contributed by atoms with Gasteiger partial charge in [0.05, 0.1) is 17.6 Å². The van der Waals surface area contributed by atoms with E-state index < -0.39 is 21.9 Å². The van der Waals surface area contributed by atoms with Crippen LogP contribution in [0, 0.1) is 0 Å². The van der Waals surface area contributed by atoms with E-state index in [4.69, 9.17) is 9.47 Å². The fraction of sp³-hybridized carbons (Fsp3) is 0.200. The molecule has 1 N–H and O–H groups in total. The van der Waals surface area contributed by atoms with Crippen molar-refractivity contribution in [3.8, 4) is 11.5 Å². The molecule has 0 spiro atoms. The first-order valence-corrected chi connectivity index (χ1v) is 12.1. The minimum Gasteiger partial charge on any atom is -0.497 e. The normalized spacial score (nSPS) is 13.6. The first-order valence-electron chi connectivity index (χ1n) is 10.6. The zero-order valence-electron chi connectivity index (χ0n) is 18.8. The highest BCUT2D eigenvalue weighted by molar-refractivity contribution is 7.89. The second-order valence-corrected chi connectivity index (χ2v) is 9.73. The number of anilines is 1. The summed E-state index contributed by atoms with van der Waals surface area (Å²) in [5.41, 5.74) is 2.58. The molecule has 0 aromatic heterocycles. The number of carbonyl (C=O) groups excluding carboxylic acids is 2. The van der Waals surface area contributed by atoms with Crippen molar-refractivity contribution in [3.05, 3.63) is 83.4 Å². The lowest BCUT2D eigenvalue weighted by molar-refractivity contribution is -0.131. The summed E-state index contributed by atoms with van der Waals surface area (Å²) in [6.07, 6.45) is 0.564. The Morgan fingerprint density at radius 1 is 0.971 bits per heavy atom. The van der Waals surface area contributed by atoms with Crippen molar-refractivity contribution in [2.75, 3.05) is 19.0 Å². The fourth-order valence-corrected chi connectivity index (χ4v) is 5.23. The first-order chi connectivity index (χ1) is 16.3. The van der Waals surface area contributed by atoms with Crippen LogP contribution in [0.4, 0.5) is 5.69 Å². The molecule has 8 nitrogen and oxygen atoms in total. The lowest BCUT2D eigenvalue weighted by Crippen LogP contribution is -2.36. The summed E-state index contributed by atoms with van der Waals surface area (Å²) in [6, 6.07) is 18.2. The third-order valence-corrected chi connectivity index (χ3v) is 7.38. The van der Waals surface area contributed by atoms with Crippen LogP contribution in [0.25, 0.3) is 0 Å². The van der Waals surface area contributed by atoms with E-state index in [-0.39, 0.29) is 22.8 Å². The number of esters is 1. The minimum absolute atomic E-state index is 0.169. The molecule has 1 amide bonds. The predicted octanol–water partition coefficient (Wildman–Crippen LogP) is 3.62. The van der Waals surface area contributed by atoms with Gasteiger partial charge in [-0.15, -0.1) is 0 Å². The second kappa shape index (κ2) is 9.66. The molecule has 1 aliphatic heterocycles.